The van der Waals surface area contributed by atoms with Crippen LogP contribution in [0.2, 0.25) is 0 Å². The number of hydrogen-bond donors (Lipinski definition) is 6. The van der Waals surface area contributed by atoms with Crippen LogP contribution >= 0.6 is 0 Å². The zero-order chi connectivity index (χ0) is 92.5. The van der Waals surface area contributed by atoms with E-state index in [1.165, 1.54) is 61.7 Å². The van der Waals surface area contributed by atoms with Gasteiger partial charge in [0.1, 0.15) is 18.0 Å². The van der Waals surface area contributed by atoms with E-state index in [2.05, 4.69) is 232 Å². The molecule has 2 unspecified atom stereocenters. The molecule has 0 saturated carbocycles. The Morgan fingerprint density at radius 2 is 0.597 bits per heavy atom. The van der Waals surface area contributed by atoms with Crippen LogP contribution in [0.25, 0.3) is 6.08 Å². The molecule has 0 bridgehead atoms. The highest BCUT2D eigenvalue weighted by Gasteiger charge is 2.25. The predicted molar refractivity (Wildman–Crippen MR) is 486 cm³/mol. The smallest absolute Gasteiger partial charge is 0.330 e. The van der Waals surface area contributed by atoms with Crippen molar-refractivity contribution in [2.75, 3.05) is 33.0 Å². The Morgan fingerprint density at radius 3 is 0.840 bits per heavy atom. The van der Waals surface area contributed by atoms with Gasteiger partial charge in [0, 0.05) is 35.8 Å². The summed E-state index contributed by atoms with van der Waals surface area (Å²) in [5.41, 5.74) is 38.5. The van der Waals surface area contributed by atoms with Gasteiger partial charge in [-0.3, -0.25) is 28.8 Å². The maximum atomic E-state index is 11.6. The molecule has 119 heavy (non-hydrogen) atoms. The van der Waals surface area contributed by atoms with Crippen molar-refractivity contribution >= 4 is 48.2 Å². The highest BCUT2D eigenvalue weighted by atomic mass is 16.6. The first-order chi connectivity index (χ1) is 54.7. The van der Waals surface area contributed by atoms with Gasteiger partial charge in [0.05, 0.1) is 58.7 Å². The Bertz CT molecular complexity index is 3960. The van der Waals surface area contributed by atoms with Crippen LogP contribution in [0, 0.1) is 41.5 Å². The number of nitrogens with two attached hydrogens (primary N) is 5. The standard InChI is InChI=1S/C16H25NO3.3C16H25NO2.C16H22O2.C12H16O.C7H12O2.H3NO/c1-6-19-15(18)10-14(20-17)12-7-11(2)8-13(9-12)16(3,4)5;3*1-6-19-15(18)10-14(17)12-7-11(2)8-13(9-12)16(3,4)5;1-6-18-15(17)8-7-13-9-12(2)10-14(11-13)16(3,4)5;1-9-5-10(8-13)7-11(6-9)12(2,3)4;1-5-6(8)9-7(2,3)4;1-2/h7-9,14H,6,10,17H2,1-5H3;3*7-9,14H,6,10,17H2,1-5H3;7-11H,6H2,1-5H3;5-8H,1-4H3;5H,1H2,2-4H3;2H,1H2/b;;;;8-7+;;;/t;2*14-;;;;;/m.10...../s1. The number of carbonyl (C=O) groups excluding carboxylic acids is 7. The molecule has 0 spiro atoms. The van der Waals surface area contributed by atoms with Gasteiger partial charge in [-0.25, -0.2) is 21.4 Å². The van der Waals surface area contributed by atoms with Crippen molar-refractivity contribution in [2.24, 2.45) is 29.0 Å². The predicted octanol–water partition coefficient (Wildman–Crippen LogP) is 20.7. The van der Waals surface area contributed by atoms with Crippen LogP contribution in [0.1, 0.15) is 335 Å². The minimum Gasteiger partial charge on any atom is -0.466 e. The molecule has 11 N–H and O–H groups in total. The highest BCUT2D eigenvalue weighted by Crippen LogP contribution is 2.33. The zero-order valence-electron chi connectivity index (χ0n) is 78.6. The first-order valence-electron chi connectivity index (χ1n) is 41.1. The lowest BCUT2D eigenvalue weighted by Crippen LogP contribution is -2.22. The van der Waals surface area contributed by atoms with E-state index >= 15 is 0 Å². The maximum Gasteiger partial charge on any atom is 0.330 e. The van der Waals surface area contributed by atoms with Crippen molar-refractivity contribution < 1.29 is 72.0 Å². The van der Waals surface area contributed by atoms with Gasteiger partial charge < -0.3 is 50.8 Å². The number of rotatable bonds is 22. The number of aryl methyl sites for hydroxylation is 6. The summed E-state index contributed by atoms with van der Waals surface area (Å²) in [6, 6.07) is 36.5. The average molecular weight is 1650 g/mol. The molecule has 20 nitrogen and oxygen atoms in total. The van der Waals surface area contributed by atoms with Crippen molar-refractivity contribution in [3.05, 3.63) is 228 Å². The Hall–Kier alpha value is -8.99. The van der Waals surface area contributed by atoms with Gasteiger partial charge in [0.15, 0.2) is 0 Å². The van der Waals surface area contributed by atoms with Gasteiger partial charge >= 0.3 is 35.8 Å². The summed E-state index contributed by atoms with van der Waals surface area (Å²) in [6.45, 7) is 70.9. The summed E-state index contributed by atoms with van der Waals surface area (Å²) in [7, 11) is 0. The second-order valence-corrected chi connectivity index (χ2v) is 36.7. The monoisotopic (exact) mass is 1650 g/mol. The largest absolute Gasteiger partial charge is 0.466 e. The number of esters is 6. The third-order valence-corrected chi connectivity index (χ3v) is 17.8. The molecule has 0 radical (unpaired) electrons. The van der Waals surface area contributed by atoms with E-state index in [9.17, 15) is 33.6 Å². The first kappa shape index (κ1) is 112. The van der Waals surface area contributed by atoms with Gasteiger partial charge in [-0.15, -0.1) is 0 Å². The molecular formula is C99H153N5O15. The molecule has 4 atom stereocenters. The normalized spacial score (nSPS) is 12.4. The van der Waals surface area contributed by atoms with E-state index in [0.29, 0.717) is 33.0 Å². The van der Waals surface area contributed by atoms with Crippen LogP contribution < -0.4 is 29.0 Å². The maximum absolute atomic E-state index is 11.6. The molecular weight excluding hydrogens is 1500 g/mol. The first-order valence-corrected chi connectivity index (χ1v) is 41.1. The summed E-state index contributed by atoms with van der Waals surface area (Å²) in [4.78, 5) is 83.4. The lowest BCUT2D eigenvalue weighted by Gasteiger charge is -2.23. The molecule has 6 rings (SSSR count). The third-order valence-electron chi connectivity index (χ3n) is 17.8. The van der Waals surface area contributed by atoms with Gasteiger partial charge in [0.25, 0.3) is 0 Å². The van der Waals surface area contributed by atoms with Crippen LogP contribution in [0.3, 0.4) is 0 Å². The van der Waals surface area contributed by atoms with Crippen LogP contribution in [0.15, 0.2) is 128 Å². The topological polar surface area (TPSA) is 334 Å². The molecule has 6 aromatic rings. The molecule has 6 aromatic carbocycles. The van der Waals surface area contributed by atoms with Crippen LogP contribution in [-0.4, -0.2) is 85.9 Å². The lowest BCUT2D eigenvalue weighted by molar-refractivity contribution is -0.149. The molecule has 0 aliphatic heterocycles. The minimum atomic E-state index is -0.477. The molecule has 20 heteroatoms. The Balaban J connectivity index is 0. The third kappa shape index (κ3) is 47.6. The molecule has 0 aromatic heterocycles. The van der Waals surface area contributed by atoms with Gasteiger partial charge in [-0.2, -0.15) is 0 Å². The van der Waals surface area contributed by atoms with Crippen molar-refractivity contribution in [3.8, 4) is 0 Å². The summed E-state index contributed by atoms with van der Waals surface area (Å²) < 4.78 is 29.5. The van der Waals surface area contributed by atoms with Crippen LogP contribution in [0.5, 0.6) is 0 Å². The van der Waals surface area contributed by atoms with Crippen molar-refractivity contribution in [3.63, 3.8) is 0 Å². The molecule has 0 aliphatic rings. The summed E-state index contributed by atoms with van der Waals surface area (Å²) >= 11 is 0. The van der Waals surface area contributed by atoms with Crippen molar-refractivity contribution in [1.82, 2.24) is 0 Å². The molecule has 664 valence electrons. The Labute approximate surface area is 716 Å². The second-order valence-electron chi connectivity index (χ2n) is 36.7. The fourth-order valence-corrected chi connectivity index (χ4v) is 11.3. The number of aldehydes is 1. The summed E-state index contributed by atoms with van der Waals surface area (Å²) in [5, 5.41) is 6.50. The molecule has 0 saturated heterocycles. The molecule has 0 fully saturated rings. The summed E-state index contributed by atoms with van der Waals surface area (Å²) in [6.07, 6.45) is 5.66. The van der Waals surface area contributed by atoms with Gasteiger partial charge in [0.2, 0.25) is 0 Å². The van der Waals surface area contributed by atoms with Gasteiger partial charge in [-0.1, -0.05) is 262 Å². The average Bonchev–Trinajstić information content (AvgIpc) is 0.841. The fourth-order valence-electron chi connectivity index (χ4n) is 11.3. The van der Waals surface area contributed by atoms with Crippen LogP contribution in [-0.2, 0) is 94.5 Å². The van der Waals surface area contributed by atoms with E-state index in [1.54, 1.807) is 40.7 Å². The Kier molecular flexibility index (Phi) is 49.8. The van der Waals surface area contributed by atoms with E-state index in [0.717, 1.165) is 56.9 Å². The highest BCUT2D eigenvalue weighted by molar-refractivity contribution is 5.87. The van der Waals surface area contributed by atoms with Gasteiger partial charge in [-0.05, 0) is 209 Å². The van der Waals surface area contributed by atoms with E-state index in [4.69, 9.17) is 61.6 Å². The van der Waals surface area contributed by atoms with E-state index < -0.39 is 11.7 Å². The molecule has 0 amide bonds. The minimum absolute atomic E-state index is 0.0316. The van der Waals surface area contributed by atoms with E-state index in [-0.39, 0.29) is 112 Å². The SMILES string of the molecule is C=CC(=O)OC(C)(C)C.CCOC(=O)/C=C/c1cc(C)cc(C(C)(C)C)c1.CCOC(=O)CC(N)c1cc(C)cc(C(C)(C)C)c1.CCOC(=O)CC(ON)c1cc(C)cc(C(C)(C)C)c1.CCOC(=O)C[C@@H](N)c1cc(C)cc(C(C)(C)C)c1.CCOC(=O)C[C@H](N)c1cc(C)cc(C(C)(C)C)c1.Cc1cc(C=O)cc(C(C)(C)C)c1.NO. The second kappa shape index (κ2) is 52.9. The number of ether oxygens (including phenoxy) is 6. The lowest BCUT2D eigenvalue weighted by atomic mass is 9.84. The molecule has 0 heterocycles. The summed E-state index contributed by atoms with van der Waals surface area (Å²) in [5.74, 6) is 7.15. The zero-order valence-corrected chi connectivity index (χ0v) is 78.6. The number of benzene rings is 6. The van der Waals surface area contributed by atoms with Crippen LogP contribution in [0.4, 0.5) is 0 Å². The fraction of sp³-hybridized carbons (Fsp3) is 0.525. The van der Waals surface area contributed by atoms with Crippen molar-refractivity contribution in [2.45, 2.75) is 310 Å². The molecule has 0 aliphatic carbocycles. The van der Waals surface area contributed by atoms with E-state index in [1.807, 2.05) is 77.1 Å². The Morgan fingerprint density at radius 1 is 0.353 bits per heavy atom. The number of carbonyl (C=O) groups is 7. The number of hydrogen-bond acceptors (Lipinski definition) is 20. The quantitative estimate of drug-likeness (QED) is 0.0121. The van der Waals surface area contributed by atoms with Crippen molar-refractivity contribution in [1.29, 1.82) is 0 Å².